The van der Waals surface area contributed by atoms with Gasteiger partial charge in [0.2, 0.25) is 0 Å². The topological polar surface area (TPSA) is 9.86 Å². The number of aromatic nitrogens is 2. The van der Waals surface area contributed by atoms with Crippen LogP contribution in [0.1, 0.15) is 0 Å². The second kappa shape index (κ2) is 11.5. The zero-order valence-corrected chi connectivity index (χ0v) is 27.4. The molecule has 0 amide bonds. The summed E-state index contributed by atoms with van der Waals surface area (Å²) >= 11 is 0. The summed E-state index contributed by atoms with van der Waals surface area (Å²) in [7, 11) is 0. The average molecular weight is 637 g/mol. The highest BCUT2D eigenvalue weighted by atomic mass is 15.0. The molecule has 0 bridgehead atoms. The predicted octanol–water partition coefficient (Wildman–Crippen LogP) is 12.9. The Bertz CT molecular complexity index is 2800. The molecule has 234 valence electrons. The van der Waals surface area contributed by atoms with E-state index < -0.39 is 0 Å². The van der Waals surface area contributed by atoms with Gasteiger partial charge in [0.1, 0.15) is 0 Å². The minimum absolute atomic E-state index is 1.16. The summed E-state index contributed by atoms with van der Waals surface area (Å²) in [6.07, 6.45) is 0. The fraction of sp³-hybridized carbons (Fsp3) is 0. The Labute approximate surface area is 290 Å². The SMILES string of the molecule is c1ccc(-c2ccc(-c3ccccc3)c(-n3c4ccccc4c4cccc(-c5ccccc5-n5c6ccccc6c6ccccc65)c43)c2)cc1. The largest absolute Gasteiger partial charge is 0.309 e. The van der Waals surface area contributed by atoms with Crippen LogP contribution in [0, 0.1) is 0 Å². The summed E-state index contributed by atoms with van der Waals surface area (Å²) in [5, 5.41) is 4.99. The first-order valence-corrected chi connectivity index (χ1v) is 17.2. The Morgan fingerprint density at radius 2 is 0.760 bits per heavy atom. The number of para-hydroxylation sites is 5. The fourth-order valence-electron chi connectivity index (χ4n) is 7.95. The maximum atomic E-state index is 2.51. The van der Waals surface area contributed by atoms with Crippen LogP contribution >= 0.6 is 0 Å². The molecule has 0 aliphatic rings. The summed E-state index contributed by atoms with van der Waals surface area (Å²) in [6, 6.07) is 70.4. The van der Waals surface area contributed by atoms with Crippen molar-refractivity contribution in [2.45, 2.75) is 0 Å². The van der Waals surface area contributed by atoms with Crippen LogP contribution in [-0.2, 0) is 0 Å². The molecule has 0 radical (unpaired) electrons. The molecular formula is C48H32N2. The lowest BCUT2D eigenvalue weighted by atomic mass is 9.97. The van der Waals surface area contributed by atoms with Gasteiger partial charge in [-0.15, -0.1) is 0 Å². The van der Waals surface area contributed by atoms with Crippen molar-refractivity contribution in [3.8, 4) is 44.8 Å². The number of nitrogens with zero attached hydrogens (tertiary/aromatic N) is 2. The number of hydrogen-bond acceptors (Lipinski definition) is 0. The van der Waals surface area contributed by atoms with Crippen molar-refractivity contribution >= 4 is 43.6 Å². The first-order valence-electron chi connectivity index (χ1n) is 17.2. The molecule has 0 aliphatic carbocycles. The molecule has 0 aliphatic heterocycles. The summed E-state index contributed by atoms with van der Waals surface area (Å²) in [5.74, 6) is 0. The van der Waals surface area contributed by atoms with Gasteiger partial charge in [-0.05, 0) is 47.0 Å². The van der Waals surface area contributed by atoms with Gasteiger partial charge < -0.3 is 9.13 Å². The highest BCUT2D eigenvalue weighted by Gasteiger charge is 2.22. The van der Waals surface area contributed by atoms with Crippen molar-refractivity contribution in [1.82, 2.24) is 9.13 Å². The quantitative estimate of drug-likeness (QED) is 0.178. The lowest BCUT2D eigenvalue weighted by Crippen LogP contribution is -2.01. The third-order valence-electron chi connectivity index (χ3n) is 10.1. The van der Waals surface area contributed by atoms with Gasteiger partial charge in [0.05, 0.1) is 33.4 Å². The van der Waals surface area contributed by atoms with Gasteiger partial charge in [0.25, 0.3) is 0 Å². The van der Waals surface area contributed by atoms with Crippen molar-refractivity contribution in [1.29, 1.82) is 0 Å². The van der Waals surface area contributed by atoms with Crippen LogP contribution in [0.25, 0.3) is 88.4 Å². The molecule has 10 rings (SSSR count). The van der Waals surface area contributed by atoms with Crippen LogP contribution in [0.3, 0.4) is 0 Å². The van der Waals surface area contributed by atoms with E-state index in [9.17, 15) is 0 Å². The van der Waals surface area contributed by atoms with Crippen LogP contribution in [0.5, 0.6) is 0 Å². The second-order valence-electron chi connectivity index (χ2n) is 12.9. The van der Waals surface area contributed by atoms with Gasteiger partial charge in [0.15, 0.2) is 0 Å². The van der Waals surface area contributed by atoms with E-state index in [0.717, 1.165) is 11.4 Å². The molecule has 2 heterocycles. The maximum Gasteiger partial charge on any atom is 0.0620 e. The summed E-state index contributed by atoms with van der Waals surface area (Å²) in [5.41, 5.74) is 14.3. The zero-order valence-electron chi connectivity index (χ0n) is 27.4. The molecular weight excluding hydrogens is 605 g/mol. The highest BCUT2D eigenvalue weighted by Crippen LogP contribution is 2.44. The third-order valence-corrected chi connectivity index (χ3v) is 10.1. The second-order valence-corrected chi connectivity index (χ2v) is 12.9. The van der Waals surface area contributed by atoms with Gasteiger partial charge in [-0.25, -0.2) is 0 Å². The summed E-state index contributed by atoms with van der Waals surface area (Å²) in [4.78, 5) is 0. The van der Waals surface area contributed by atoms with Gasteiger partial charge in [-0.1, -0.05) is 164 Å². The molecule has 0 saturated heterocycles. The normalized spacial score (nSPS) is 11.6. The fourth-order valence-corrected chi connectivity index (χ4v) is 7.95. The average Bonchev–Trinajstić information content (AvgIpc) is 3.71. The molecule has 0 unspecified atom stereocenters. The van der Waals surface area contributed by atoms with Crippen LogP contribution in [0.4, 0.5) is 0 Å². The van der Waals surface area contributed by atoms with E-state index in [2.05, 4.69) is 203 Å². The number of rotatable bonds is 5. The molecule has 0 spiro atoms. The van der Waals surface area contributed by atoms with E-state index >= 15 is 0 Å². The van der Waals surface area contributed by atoms with Gasteiger partial charge in [-0.2, -0.15) is 0 Å². The Hall–Kier alpha value is -6.64. The molecule has 2 aromatic heterocycles. The summed E-state index contributed by atoms with van der Waals surface area (Å²) in [6.45, 7) is 0. The zero-order chi connectivity index (χ0) is 33.0. The van der Waals surface area contributed by atoms with Crippen molar-refractivity contribution in [3.05, 3.63) is 194 Å². The molecule has 2 nitrogen and oxygen atoms in total. The van der Waals surface area contributed by atoms with E-state index in [1.807, 2.05) is 0 Å². The van der Waals surface area contributed by atoms with E-state index in [-0.39, 0.29) is 0 Å². The Kier molecular flexibility index (Phi) is 6.53. The number of benzene rings is 8. The number of hydrogen-bond donors (Lipinski definition) is 0. The molecule has 0 atom stereocenters. The van der Waals surface area contributed by atoms with Gasteiger partial charge in [-0.3, -0.25) is 0 Å². The Morgan fingerprint density at radius 1 is 0.260 bits per heavy atom. The first-order chi connectivity index (χ1) is 24.8. The first kappa shape index (κ1) is 28.4. The van der Waals surface area contributed by atoms with Crippen molar-refractivity contribution in [3.63, 3.8) is 0 Å². The van der Waals surface area contributed by atoms with Crippen molar-refractivity contribution in [2.75, 3.05) is 0 Å². The Morgan fingerprint density at radius 3 is 1.44 bits per heavy atom. The van der Waals surface area contributed by atoms with E-state index in [1.165, 1.54) is 77.0 Å². The van der Waals surface area contributed by atoms with Crippen molar-refractivity contribution in [2.24, 2.45) is 0 Å². The lowest BCUT2D eigenvalue weighted by molar-refractivity contribution is 1.17. The molecule has 0 saturated carbocycles. The molecule has 2 heteroatoms. The third kappa shape index (κ3) is 4.36. The molecule has 0 fully saturated rings. The predicted molar refractivity (Wildman–Crippen MR) is 211 cm³/mol. The van der Waals surface area contributed by atoms with Crippen LogP contribution in [-0.4, -0.2) is 9.13 Å². The molecule has 8 aromatic carbocycles. The smallest absolute Gasteiger partial charge is 0.0620 e. The minimum atomic E-state index is 1.16. The van der Waals surface area contributed by atoms with Gasteiger partial charge in [0, 0.05) is 38.2 Å². The van der Waals surface area contributed by atoms with Gasteiger partial charge >= 0.3 is 0 Å². The van der Waals surface area contributed by atoms with Crippen LogP contribution in [0.15, 0.2) is 194 Å². The lowest BCUT2D eigenvalue weighted by Gasteiger charge is -2.19. The molecule has 10 aromatic rings. The summed E-state index contributed by atoms with van der Waals surface area (Å²) < 4.78 is 4.95. The maximum absolute atomic E-state index is 2.51. The monoisotopic (exact) mass is 636 g/mol. The van der Waals surface area contributed by atoms with E-state index in [1.54, 1.807) is 0 Å². The van der Waals surface area contributed by atoms with E-state index in [4.69, 9.17) is 0 Å². The van der Waals surface area contributed by atoms with Crippen LogP contribution < -0.4 is 0 Å². The standard InChI is InChI=1S/C48H32N2/c1-3-16-33(17-4-1)35-30-31-36(34-18-5-2-6-19-34)47(32-35)50-46-29-14-10-23-40(46)42-25-15-24-41(48(42)50)39-22-9-13-28-45(39)49-43-26-11-7-20-37(43)38-21-8-12-27-44(38)49/h1-32H. The molecule has 0 N–H and O–H groups in total. The number of fused-ring (bicyclic) bond motifs is 6. The molecule has 50 heavy (non-hydrogen) atoms. The van der Waals surface area contributed by atoms with Crippen molar-refractivity contribution < 1.29 is 0 Å². The Balaban J connectivity index is 1.33. The highest BCUT2D eigenvalue weighted by molar-refractivity contribution is 6.15. The van der Waals surface area contributed by atoms with E-state index in [0.29, 0.717) is 0 Å². The minimum Gasteiger partial charge on any atom is -0.309 e. The van der Waals surface area contributed by atoms with Crippen LogP contribution in [0.2, 0.25) is 0 Å².